The first kappa shape index (κ1) is 25.2. The molecule has 200 valence electrons. The van der Waals surface area contributed by atoms with Gasteiger partial charge < -0.3 is 14.7 Å². The number of hydrogen-bond donors (Lipinski definition) is 1. The Morgan fingerprint density at radius 2 is 1.90 bits per heavy atom. The molecule has 8 nitrogen and oxygen atoms in total. The molecule has 2 unspecified atom stereocenters. The molecule has 7 heterocycles. The van der Waals surface area contributed by atoms with Gasteiger partial charge in [-0.3, -0.25) is 4.90 Å². The van der Waals surface area contributed by atoms with Crippen LogP contribution >= 0.6 is 0 Å². The molecule has 3 fully saturated rings. The van der Waals surface area contributed by atoms with Gasteiger partial charge in [0.1, 0.15) is 19.2 Å². The second-order valence-corrected chi connectivity index (χ2v) is 10.1. The molecule has 4 aromatic rings. The highest BCUT2D eigenvalue weighted by Gasteiger charge is 2.44. The second kappa shape index (κ2) is 10.2. The summed E-state index contributed by atoms with van der Waals surface area (Å²) in [6, 6.07) is 12.7. The molecule has 2 atom stereocenters. The zero-order chi connectivity index (χ0) is 27.0. The molecular formula is C29H28F2N6O2. The second-order valence-electron chi connectivity index (χ2n) is 10.1. The summed E-state index contributed by atoms with van der Waals surface area (Å²) >= 11 is 0. The topological polar surface area (TPSA) is 79.0 Å². The minimum absolute atomic E-state index is 0.473. The van der Waals surface area contributed by atoms with Gasteiger partial charge in [0.2, 0.25) is 5.88 Å². The lowest BCUT2D eigenvalue weighted by Gasteiger charge is -2.56. The van der Waals surface area contributed by atoms with Gasteiger partial charge in [-0.05, 0) is 36.2 Å². The predicted molar refractivity (Wildman–Crippen MR) is 143 cm³/mol. The average Bonchev–Trinajstić information content (AvgIpc) is 3.47. The van der Waals surface area contributed by atoms with E-state index in [0.29, 0.717) is 23.5 Å². The van der Waals surface area contributed by atoms with Crippen molar-refractivity contribution in [2.24, 2.45) is 0 Å². The number of methoxy groups -OCH3 is 1. The minimum Gasteiger partial charge on any atom is -0.481 e. The SMILES string of the molecule is COc1ccc(CN2C3CC2CN(c2ccc(-c4cc(C#CC(O)(CF)CF)cn5nccc45)cn2)C3)cn1. The number of piperazine rings is 1. The fraction of sp³-hybridized carbons (Fsp3) is 0.345. The molecule has 3 aliphatic heterocycles. The third-order valence-electron chi connectivity index (χ3n) is 7.49. The van der Waals surface area contributed by atoms with Crippen molar-refractivity contribution in [2.45, 2.75) is 30.7 Å². The fourth-order valence-corrected chi connectivity index (χ4v) is 5.32. The standard InChI is InChI=1S/C29H28F2N6O2/c1-39-28-5-2-21(12-33-28)14-36-23-11-24(36)17-35(16-23)27-4-3-22(13-32-27)25-10-20(6-8-29(38,18-30)19-31)15-37-26(25)7-9-34-37/h2-5,7,9-10,12-13,15,23-24,38H,11,14,16-19H2,1H3. The molecule has 2 bridgehead atoms. The van der Waals surface area contributed by atoms with E-state index in [-0.39, 0.29) is 0 Å². The number of hydrogen-bond acceptors (Lipinski definition) is 7. The van der Waals surface area contributed by atoms with E-state index in [0.717, 1.165) is 42.1 Å². The van der Waals surface area contributed by atoms with E-state index >= 15 is 0 Å². The van der Waals surface area contributed by atoms with Gasteiger partial charge in [0, 0.05) is 73.1 Å². The number of anilines is 1. The van der Waals surface area contributed by atoms with Crippen molar-refractivity contribution >= 4 is 11.3 Å². The number of rotatable bonds is 7. The first-order chi connectivity index (χ1) is 19.0. The van der Waals surface area contributed by atoms with E-state index in [1.165, 1.54) is 12.0 Å². The Balaban J connectivity index is 1.18. The summed E-state index contributed by atoms with van der Waals surface area (Å²) in [6.07, 6.45) is 8.23. The molecule has 0 radical (unpaired) electrons. The number of piperidine rings is 1. The smallest absolute Gasteiger partial charge is 0.212 e. The molecule has 7 rings (SSSR count). The van der Waals surface area contributed by atoms with Crippen LogP contribution in [0.3, 0.4) is 0 Å². The predicted octanol–water partition coefficient (Wildman–Crippen LogP) is 3.28. The highest BCUT2D eigenvalue weighted by molar-refractivity contribution is 5.81. The van der Waals surface area contributed by atoms with E-state index in [2.05, 4.69) is 37.8 Å². The van der Waals surface area contributed by atoms with Crippen LogP contribution in [0.15, 0.2) is 61.2 Å². The molecule has 1 N–H and O–H groups in total. The molecule has 0 saturated carbocycles. The summed E-state index contributed by atoms with van der Waals surface area (Å²) in [5.41, 5.74) is 1.91. The third-order valence-corrected chi connectivity index (χ3v) is 7.49. The fourth-order valence-electron chi connectivity index (χ4n) is 5.32. The van der Waals surface area contributed by atoms with Crippen LogP contribution in [-0.4, -0.2) is 80.8 Å². The largest absolute Gasteiger partial charge is 0.481 e. The maximum Gasteiger partial charge on any atom is 0.212 e. The first-order valence-electron chi connectivity index (χ1n) is 12.8. The van der Waals surface area contributed by atoms with E-state index in [9.17, 15) is 13.9 Å². The van der Waals surface area contributed by atoms with Gasteiger partial charge in [0.05, 0.1) is 18.8 Å². The molecule has 4 aromatic heterocycles. The molecule has 3 saturated heterocycles. The minimum atomic E-state index is -2.31. The van der Waals surface area contributed by atoms with Crippen LogP contribution < -0.4 is 9.64 Å². The molecule has 0 aliphatic carbocycles. The van der Waals surface area contributed by atoms with Gasteiger partial charge in [-0.1, -0.05) is 17.9 Å². The van der Waals surface area contributed by atoms with Gasteiger partial charge >= 0.3 is 0 Å². The molecule has 3 aliphatic rings. The van der Waals surface area contributed by atoms with Crippen molar-refractivity contribution < 1.29 is 18.6 Å². The monoisotopic (exact) mass is 530 g/mol. The van der Waals surface area contributed by atoms with Crippen LogP contribution in [0.25, 0.3) is 16.6 Å². The Hall–Kier alpha value is -4.07. The van der Waals surface area contributed by atoms with Crippen LogP contribution in [-0.2, 0) is 6.54 Å². The van der Waals surface area contributed by atoms with Crippen LogP contribution in [0.2, 0.25) is 0 Å². The molecule has 39 heavy (non-hydrogen) atoms. The van der Waals surface area contributed by atoms with Gasteiger partial charge in [-0.2, -0.15) is 5.10 Å². The van der Waals surface area contributed by atoms with E-state index in [1.54, 1.807) is 24.0 Å². The number of nitrogens with zero attached hydrogens (tertiary/aromatic N) is 6. The number of aliphatic hydroxyl groups is 1. The van der Waals surface area contributed by atoms with Crippen molar-refractivity contribution in [2.75, 3.05) is 38.4 Å². The zero-order valence-corrected chi connectivity index (χ0v) is 21.5. The van der Waals surface area contributed by atoms with E-state index in [1.807, 2.05) is 42.7 Å². The summed E-state index contributed by atoms with van der Waals surface area (Å²) in [5.74, 6) is 6.55. The van der Waals surface area contributed by atoms with Gasteiger partial charge in [0.15, 0.2) is 5.60 Å². The Morgan fingerprint density at radius 3 is 2.56 bits per heavy atom. The maximum atomic E-state index is 13.0. The maximum absolute atomic E-state index is 13.0. The first-order valence-corrected chi connectivity index (χ1v) is 12.8. The molecule has 0 spiro atoms. The lowest BCUT2D eigenvalue weighted by atomic mass is 9.87. The van der Waals surface area contributed by atoms with Gasteiger partial charge in [-0.15, -0.1) is 0 Å². The number of alkyl halides is 2. The highest BCUT2D eigenvalue weighted by Crippen LogP contribution is 2.36. The van der Waals surface area contributed by atoms with Crippen LogP contribution in [0, 0.1) is 11.8 Å². The van der Waals surface area contributed by atoms with Crippen molar-refractivity contribution in [1.82, 2.24) is 24.5 Å². The van der Waals surface area contributed by atoms with Crippen molar-refractivity contribution in [3.8, 4) is 28.8 Å². The Kier molecular flexibility index (Phi) is 6.62. The third kappa shape index (κ3) is 4.91. The lowest BCUT2D eigenvalue weighted by Crippen LogP contribution is -2.68. The zero-order valence-electron chi connectivity index (χ0n) is 21.5. The summed E-state index contributed by atoms with van der Waals surface area (Å²) < 4.78 is 32.9. The highest BCUT2D eigenvalue weighted by atomic mass is 19.1. The summed E-state index contributed by atoms with van der Waals surface area (Å²) in [5, 5.41) is 14.2. The van der Waals surface area contributed by atoms with E-state index < -0.39 is 19.0 Å². The number of aromatic nitrogens is 4. The quantitative estimate of drug-likeness (QED) is 0.368. The van der Waals surface area contributed by atoms with Crippen LogP contribution in [0.1, 0.15) is 17.5 Å². The Morgan fingerprint density at radius 1 is 1.08 bits per heavy atom. The number of pyridine rings is 3. The summed E-state index contributed by atoms with van der Waals surface area (Å²) in [7, 11) is 1.62. The molecular weight excluding hydrogens is 502 g/mol. The van der Waals surface area contributed by atoms with Crippen LogP contribution in [0.5, 0.6) is 5.88 Å². The molecule has 0 amide bonds. The van der Waals surface area contributed by atoms with Crippen molar-refractivity contribution in [3.63, 3.8) is 0 Å². The average molecular weight is 531 g/mol. The Bertz CT molecular complexity index is 1510. The van der Waals surface area contributed by atoms with Gasteiger partial charge in [0.25, 0.3) is 0 Å². The van der Waals surface area contributed by atoms with Crippen LogP contribution in [0.4, 0.5) is 14.6 Å². The molecule has 0 aromatic carbocycles. The Labute approximate surface area is 224 Å². The van der Waals surface area contributed by atoms with Crippen molar-refractivity contribution in [3.05, 3.63) is 72.3 Å². The van der Waals surface area contributed by atoms with E-state index in [4.69, 9.17) is 9.72 Å². The lowest BCUT2D eigenvalue weighted by molar-refractivity contribution is -0.00876. The normalized spacial score (nSPS) is 18.9. The number of ether oxygens (including phenoxy) is 1. The van der Waals surface area contributed by atoms with Crippen molar-refractivity contribution in [1.29, 1.82) is 0 Å². The number of halogens is 2. The molecule has 10 heteroatoms. The number of fused-ring (bicyclic) bond motifs is 3. The summed E-state index contributed by atoms with van der Waals surface area (Å²) in [6.45, 7) is 0.134. The summed E-state index contributed by atoms with van der Waals surface area (Å²) in [4.78, 5) is 14.0. The van der Waals surface area contributed by atoms with Gasteiger partial charge in [-0.25, -0.2) is 23.3 Å².